The first kappa shape index (κ1) is 16.0. The van der Waals surface area contributed by atoms with Gasteiger partial charge in [0.25, 0.3) is 0 Å². The summed E-state index contributed by atoms with van der Waals surface area (Å²) in [6, 6.07) is 14.4. The molecule has 2 heterocycles. The molecule has 0 spiro atoms. The molecule has 0 saturated carbocycles. The molecule has 0 atom stereocenters. The monoisotopic (exact) mass is 348 g/mol. The van der Waals surface area contributed by atoms with Crippen molar-refractivity contribution < 1.29 is 9.59 Å². The number of para-hydroxylation sites is 3. The van der Waals surface area contributed by atoms with E-state index in [1.165, 1.54) is 11.1 Å². The highest BCUT2D eigenvalue weighted by molar-refractivity contribution is 6.09. The predicted octanol–water partition coefficient (Wildman–Crippen LogP) is 1.77. The Morgan fingerprint density at radius 1 is 1.08 bits per heavy atom. The van der Waals surface area contributed by atoms with Crippen LogP contribution in [-0.4, -0.2) is 28.1 Å². The van der Waals surface area contributed by atoms with Crippen LogP contribution in [0.5, 0.6) is 0 Å². The smallest absolute Gasteiger partial charge is 0.244 e. The van der Waals surface area contributed by atoms with Crippen LogP contribution in [0.1, 0.15) is 6.42 Å². The SMILES string of the molecule is O=C1CN(C(=O)CCn2ncc(=O)c3ccccc32)c2ccccc2N1. The molecule has 1 aliphatic heterocycles. The number of nitrogens with zero attached hydrogens (tertiary/aromatic N) is 3. The lowest BCUT2D eigenvalue weighted by Crippen LogP contribution is -2.42. The van der Waals surface area contributed by atoms with Gasteiger partial charge >= 0.3 is 0 Å². The Bertz CT molecular complexity index is 1070. The number of hydrogen-bond acceptors (Lipinski definition) is 4. The van der Waals surface area contributed by atoms with Crippen molar-refractivity contribution in [3.63, 3.8) is 0 Å². The summed E-state index contributed by atoms with van der Waals surface area (Å²) < 4.78 is 1.64. The molecule has 1 aliphatic rings. The lowest BCUT2D eigenvalue weighted by molar-refractivity contribution is -0.122. The number of aryl methyl sites for hydroxylation is 1. The summed E-state index contributed by atoms with van der Waals surface area (Å²) in [4.78, 5) is 38.0. The number of benzene rings is 2. The van der Waals surface area contributed by atoms with E-state index in [1.807, 2.05) is 18.2 Å². The second-order valence-electron chi connectivity index (χ2n) is 6.04. The van der Waals surface area contributed by atoms with E-state index in [2.05, 4.69) is 10.4 Å². The average Bonchev–Trinajstić information content (AvgIpc) is 2.67. The van der Waals surface area contributed by atoms with Gasteiger partial charge in [-0.2, -0.15) is 5.10 Å². The normalized spacial score (nSPS) is 13.4. The molecule has 4 rings (SSSR count). The van der Waals surface area contributed by atoms with Gasteiger partial charge < -0.3 is 10.2 Å². The lowest BCUT2D eigenvalue weighted by atomic mass is 10.1. The Balaban J connectivity index is 1.58. The van der Waals surface area contributed by atoms with Gasteiger partial charge in [-0.3, -0.25) is 19.1 Å². The molecule has 0 radical (unpaired) electrons. The number of carbonyl (C=O) groups is 2. The Morgan fingerprint density at radius 2 is 1.85 bits per heavy atom. The summed E-state index contributed by atoms with van der Waals surface area (Å²) in [5.74, 6) is -0.388. The molecule has 130 valence electrons. The van der Waals surface area contributed by atoms with Crippen LogP contribution in [0.25, 0.3) is 10.9 Å². The molecule has 3 aromatic rings. The van der Waals surface area contributed by atoms with Crippen molar-refractivity contribution in [3.8, 4) is 0 Å². The fraction of sp³-hybridized carbons (Fsp3) is 0.158. The highest BCUT2D eigenvalue weighted by Crippen LogP contribution is 2.29. The molecule has 26 heavy (non-hydrogen) atoms. The van der Waals surface area contributed by atoms with Crippen molar-refractivity contribution in [2.75, 3.05) is 16.8 Å². The maximum absolute atomic E-state index is 12.7. The number of hydrogen-bond donors (Lipinski definition) is 1. The number of aromatic nitrogens is 2. The summed E-state index contributed by atoms with van der Waals surface area (Å²) in [7, 11) is 0. The molecule has 1 N–H and O–H groups in total. The van der Waals surface area contributed by atoms with Crippen LogP contribution in [0.2, 0.25) is 0 Å². The fourth-order valence-electron chi connectivity index (χ4n) is 3.13. The van der Waals surface area contributed by atoms with E-state index in [4.69, 9.17) is 0 Å². The molecule has 0 fully saturated rings. The molecular weight excluding hydrogens is 332 g/mol. The highest BCUT2D eigenvalue weighted by Gasteiger charge is 2.26. The lowest BCUT2D eigenvalue weighted by Gasteiger charge is -2.29. The standard InChI is InChI=1S/C19H16N4O3/c24-17-11-20-23(15-7-3-1-5-13(15)17)10-9-19(26)22-12-18(25)21-14-6-2-4-8-16(14)22/h1-8,11H,9-10,12H2,(H,21,25). The summed E-state index contributed by atoms with van der Waals surface area (Å²) in [5, 5.41) is 7.47. The van der Waals surface area contributed by atoms with Crippen molar-refractivity contribution >= 4 is 34.1 Å². The first-order valence-corrected chi connectivity index (χ1v) is 8.27. The van der Waals surface area contributed by atoms with Crippen LogP contribution < -0.4 is 15.6 Å². The molecule has 2 aromatic carbocycles. The van der Waals surface area contributed by atoms with Gasteiger partial charge in [-0.25, -0.2) is 0 Å². The van der Waals surface area contributed by atoms with Crippen LogP contribution in [-0.2, 0) is 16.1 Å². The van der Waals surface area contributed by atoms with Crippen molar-refractivity contribution in [3.05, 3.63) is 65.0 Å². The average molecular weight is 348 g/mol. The van der Waals surface area contributed by atoms with Crippen molar-refractivity contribution in [2.45, 2.75) is 13.0 Å². The van der Waals surface area contributed by atoms with Crippen LogP contribution in [0.3, 0.4) is 0 Å². The van der Waals surface area contributed by atoms with Gasteiger partial charge in [0.2, 0.25) is 17.2 Å². The minimum atomic E-state index is -0.219. The third kappa shape index (κ3) is 2.83. The zero-order valence-electron chi connectivity index (χ0n) is 13.9. The van der Waals surface area contributed by atoms with E-state index in [9.17, 15) is 14.4 Å². The first-order valence-electron chi connectivity index (χ1n) is 8.27. The number of anilines is 2. The van der Waals surface area contributed by atoms with Crippen LogP contribution >= 0.6 is 0 Å². The molecule has 0 saturated heterocycles. The van der Waals surface area contributed by atoms with Gasteiger partial charge in [-0.1, -0.05) is 24.3 Å². The second kappa shape index (κ2) is 6.44. The summed E-state index contributed by atoms with van der Waals surface area (Å²) in [5.41, 5.74) is 1.85. The maximum atomic E-state index is 12.7. The second-order valence-corrected chi connectivity index (χ2v) is 6.04. The third-order valence-electron chi connectivity index (χ3n) is 4.37. The van der Waals surface area contributed by atoms with Gasteiger partial charge in [0, 0.05) is 11.8 Å². The first-order chi connectivity index (χ1) is 12.6. The molecule has 2 amide bonds. The molecule has 7 heteroatoms. The zero-order valence-corrected chi connectivity index (χ0v) is 13.9. The van der Waals surface area contributed by atoms with Gasteiger partial charge in [-0.05, 0) is 24.3 Å². The van der Waals surface area contributed by atoms with E-state index in [-0.39, 0.29) is 30.2 Å². The van der Waals surface area contributed by atoms with E-state index in [1.54, 1.807) is 35.0 Å². The van der Waals surface area contributed by atoms with Crippen LogP contribution in [0.4, 0.5) is 11.4 Å². The van der Waals surface area contributed by atoms with Gasteiger partial charge in [0.15, 0.2) is 0 Å². The van der Waals surface area contributed by atoms with Crippen LogP contribution in [0.15, 0.2) is 59.5 Å². The number of amides is 2. The minimum Gasteiger partial charge on any atom is -0.323 e. The van der Waals surface area contributed by atoms with Crippen molar-refractivity contribution in [2.24, 2.45) is 0 Å². The van der Waals surface area contributed by atoms with Gasteiger partial charge in [-0.15, -0.1) is 0 Å². The summed E-state index contributed by atoms with van der Waals surface area (Å²) >= 11 is 0. The largest absolute Gasteiger partial charge is 0.323 e. The number of rotatable bonds is 3. The Kier molecular flexibility index (Phi) is 3.96. The Hall–Kier alpha value is -3.48. The summed E-state index contributed by atoms with van der Waals surface area (Å²) in [6.07, 6.45) is 1.43. The highest BCUT2D eigenvalue weighted by atomic mass is 16.2. The van der Waals surface area contributed by atoms with Gasteiger partial charge in [0.05, 0.1) is 29.6 Å². The maximum Gasteiger partial charge on any atom is 0.244 e. The number of nitrogens with one attached hydrogen (secondary N) is 1. The topological polar surface area (TPSA) is 84.3 Å². The van der Waals surface area contributed by atoms with Crippen LogP contribution in [0, 0.1) is 0 Å². The third-order valence-corrected chi connectivity index (χ3v) is 4.37. The van der Waals surface area contributed by atoms with E-state index in [0.717, 1.165) is 0 Å². The Morgan fingerprint density at radius 3 is 2.73 bits per heavy atom. The molecule has 0 unspecified atom stereocenters. The molecule has 7 nitrogen and oxygen atoms in total. The number of carbonyl (C=O) groups excluding carboxylic acids is 2. The molecule has 1 aromatic heterocycles. The predicted molar refractivity (Wildman–Crippen MR) is 98.0 cm³/mol. The minimum absolute atomic E-state index is 0.00577. The Labute approximate surface area is 148 Å². The molecular formula is C19H16N4O3. The molecule has 0 bridgehead atoms. The quantitative estimate of drug-likeness (QED) is 0.782. The van der Waals surface area contributed by atoms with E-state index < -0.39 is 0 Å². The van der Waals surface area contributed by atoms with Crippen molar-refractivity contribution in [1.29, 1.82) is 0 Å². The van der Waals surface area contributed by atoms with Crippen molar-refractivity contribution in [1.82, 2.24) is 9.78 Å². The van der Waals surface area contributed by atoms with E-state index >= 15 is 0 Å². The molecule has 0 aliphatic carbocycles. The van der Waals surface area contributed by atoms with E-state index in [0.29, 0.717) is 28.8 Å². The fourth-order valence-corrected chi connectivity index (χ4v) is 3.13. The zero-order chi connectivity index (χ0) is 18.1. The number of fused-ring (bicyclic) bond motifs is 2. The summed E-state index contributed by atoms with van der Waals surface area (Å²) in [6.45, 7) is 0.314. The van der Waals surface area contributed by atoms with Gasteiger partial charge in [0.1, 0.15) is 6.54 Å².